The van der Waals surface area contributed by atoms with Gasteiger partial charge in [-0.2, -0.15) is 0 Å². The van der Waals surface area contributed by atoms with Crippen LogP contribution in [0.15, 0.2) is 58.1 Å². The number of aromatic nitrogens is 2. The minimum atomic E-state index is -0.551. The fraction of sp³-hybridized carbons (Fsp3) is 0.316. The average Bonchev–Trinajstić information content (AvgIpc) is 3.12. The summed E-state index contributed by atoms with van der Waals surface area (Å²) in [6.07, 6.45) is 5.90. The number of rotatable bonds is 4. The molecular formula is C19H22N2O3. The molecule has 1 heterocycles. The molecule has 0 bridgehead atoms. The van der Waals surface area contributed by atoms with Crippen molar-refractivity contribution >= 4 is 5.78 Å². The van der Waals surface area contributed by atoms with E-state index in [9.17, 15) is 14.4 Å². The molecule has 126 valence electrons. The number of carbonyl (C=O) groups excluding carboxylic acids is 1. The van der Waals surface area contributed by atoms with E-state index in [1.165, 1.54) is 10.6 Å². The number of benzene rings is 1. The molecule has 5 heteroatoms. The number of ketones is 1. The van der Waals surface area contributed by atoms with Crippen molar-refractivity contribution in [2.75, 3.05) is 0 Å². The average molecular weight is 326 g/mol. The van der Waals surface area contributed by atoms with Gasteiger partial charge < -0.3 is 0 Å². The highest BCUT2D eigenvalue weighted by molar-refractivity contribution is 6.07. The van der Waals surface area contributed by atoms with Crippen LogP contribution in [0.2, 0.25) is 0 Å². The summed E-state index contributed by atoms with van der Waals surface area (Å²) >= 11 is 0. The van der Waals surface area contributed by atoms with Gasteiger partial charge in [-0.25, -0.2) is 4.79 Å². The number of aromatic amines is 1. The number of hydrogen-bond acceptors (Lipinski definition) is 3. The van der Waals surface area contributed by atoms with E-state index >= 15 is 0 Å². The number of nitrogens with zero attached hydrogens (tertiary/aromatic N) is 1. The Hall–Kier alpha value is -2.69. The van der Waals surface area contributed by atoms with Crippen LogP contribution in [-0.2, 0) is 6.54 Å². The summed E-state index contributed by atoms with van der Waals surface area (Å²) in [5.74, 6) is -0.0271. The van der Waals surface area contributed by atoms with Gasteiger partial charge in [0.05, 0.1) is 5.69 Å². The Kier molecular flexibility index (Phi) is 6.07. The summed E-state index contributed by atoms with van der Waals surface area (Å²) in [6.45, 7) is 4.43. The Morgan fingerprint density at radius 1 is 1.12 bits per heavy atom. The van der Waals surface area contributed by atoms with Crippen LogP contribution in [0, 0.1) is 5.92 Å². The van der Waals surface area contributed by atoms with Crippen molar-refractivity contribution in [3.05, 3.63) is 80.6 Å². The minimum Gasteiger partial charge on any atom is -0.290 e. The van der Waals surface area contributed by atoms with E-state index in [-0.39, 0.29) is 17.4 Å². The van der Waals surface area contributed by atoms with Gasteiger partial charge in [0.25, 0.3) is 5.56 Å². The molecule has 0 fully saturated rings. The normalized spacial score (nSPS) is 13.4. The minimum absolute atomic E-state index is 0.145. The molecule has 24 heavy (non-hydrogen) atoms. The van der Waals surface area contributed by atoms with Gasteiger partial charge in [-0.1, -0.05) is 56.3 Å². The van der Waals surface area contributed by atoms with E-state index < -0.39 is 11.2 Å². The Labute approximate surface area is 140 Å². The van der Waals surface area contributed by atoms with Crippen LogP contribution >= 0.6 is 0 Å². The maximum atomic E-state index is 12.6. The molecule has 1 aliphatic carbocycles. The van der Waals surface area contributed by atoms with Gasteiger partial charge in [0, 0.05) is 18.2 Å². The Bertz CT molecular complexity index is 824. The monoisotopic (exact) mass is 326 g/mol. The topological polar surface area (TPSA) is 71.9 Å². The molecule has 1 aromatic carbocycles. The standard InChI is InChI=1S/C17H16N2O3.C2H6/c20-15-10-14(16(21)13-8-2-1-3-9-13)19(17(22)18-15)11-12-6-4-5-7-12;1-2/h1-5,8-10,12H,6-7,11H2,(H,18,20,22);1-2H3. The first-order valence-corrected chi connectivity index (χ1v) is 8.24. The van der Waals surface area contributed by atoms with E-state index in [4.69, 9.17) is 0 Å². The molecule has 0 spiro atoms. The van der Waals surface area contributed by atoms with E-state index in [0.29, 0.717) is 12.1 Å². The Morgan fingerprint density at radius 2 is 1.75 bits per heavy atom. The highest BCUT2D eigenvalue weighted by atomic mass is 16.2. The van der Waals surface area contributed by atoms with Crippen LogP contribution in [0.5, 0.6) is 0 Å². The summed E-state index contributed by atoms with van der Waals surface area (Å²) < 4.78 is 1.38. The summed E-state index contributed by atoms with van der Waals surface area (Å²) in [6, 6.07) is 9.88. The van der Waals surface area contributed by atoms with Gasteiger partial charge in [0.15, 0.2) is 0 Å². The first-order valence-electron chi connectivity index (χ1n) is 8.24. The number of hydrogen-bond donors (Lipinski definition) is 1. The van der Waals surface area contributed by atoms with Crippen molar-refractivity contribution in [1.82, 2.24) is 9.55 Å². The van der Waals surface area contributed by atoms with Crippen LogP contribution in [0.1, 0.15) is 42.7 Å². The quantitative estimate of drug-likeness (QED) is 0.693. The lowest BCUT2D eigenvalue weighted by atomic mass is 10.1. The van der Waals surface area contributed by atoms with E-state index in [2.05, 4.69) is 17.1 Å². The zero-order chi connectivity index (χ0) is 17.5. The van der Waals surface area contributed by atoms with Gasteiger partial charge in [-0.3, -0.25) is 19.1 Å². The first-order chi connectivity index (χ1) is 11.6. The summed E-state index contributed by atoms with van der Waals surface area (Å²) in [7, 11) is 0. The molecule has 0 saturated carbocycles. The second-order valence-electron chi connectivity index (χ2n) is 5.44. The van der Waals surface area contributed by atoms with Crippen LogP contribution in [-0.4, -0.2) is 15.3 Å². The SMILES string of the molecule is CC.O=C(c1ccccc1)c1cc(=O)[nH]c(=O)n1CC1CC=CC1. The molecule has 0 atom stereocenters. The molecule has 0 radical (unpaired) electrons. The molecular weight excluding hydrogens is 304 g/mol. The van der Waals surface area contributed by atoms with Gasteiger partial charge in [-0.05, 0) is 18.8 Å². The number of nitrogens with one attached hydrogen (secondary N) is 1. The molecule has 0 aliphatic heterocycles. The van der Waals surface area contributed by atoms with Crippen molar-refractivity contribution in [2.45, 2.75) is 33.2 Å². The molecule has 0 saturated heterocycles. The summed E-state index contributed by atoms with van der Waals surface area (Å²) in [4.78, 5) is 38.6. The third-order valence-electron chi connectivity index (χ3n) is 3.85. The van der Waals surface area contributed by atoms with Crippen molar-refractivity contribution in [3.8, 4) is 0 Å². The molecule has 5 nitrogen and oxygen atoms in total. The summed E-state index contributed by atoms with van der Waals surface area (Å²) in [5, 5.41) is 0. The maximum absolute atomic E-state index is 12.6. The van der Waals surface area contributed by atoms with E-state index in [1.54, 1.807) is 24.3 Å². The zero-order valence-corrected chi connectivity index (χ0v) is 14.0. The van der Waals surface area contributed by atoms with Crippen molar-refractivity contribution in [1.29, 1.82) is 0 Å². The second-order valence-corrected chi connectivity index (χ2v) is 5.44. The molecule has 1 aliphatic rings. The maximum Gasteiger partial charge on any atom is 0.328 e. The van der Waals surface area contributed by atoms with Crippen LogP contribution in [0.25, 0.3) is 0 Å². The highest BCUT2D eigenvalue weighted by Crippen LogP contribution is 2.20. The molecule has 1 N–H and O–H groups in total. The smallest absolute Gasteiger partial charge is 0.290 e. The lowest BCUT2D eigenvalue weighted by Crippen LogP contribution is -2.35. The highest BCUT2D eigenvalue weighted by Gasteiger charge is 2.19. The molecule has 3 rings (SSSR count). The van der Waals surface area contributed by atoms with Crippen molar-refractivity contribution < 1.29 is 4.79 Å². The van der Waals surface area contributed by atoms with Crippen LogP contribution < -0.4 is 11.2 Å². The van der Waals surface area contributed by atoms with Gasteiger partial charge in [0.1, 0.15) is 0 Å². The van der Waals surface area contributed by atoms with Crippen molar-refractivity contribution in [2.24, 2.45) is 5.92 Å². The fourth-order valence-electron chi connectivity index (χ4n) is 2.71. The fourth-order valence-corrected chi connectivity index (χ4v) is 2.71. The van der Waals surface area contributed by atoms with Crippen LogP contribution in [0.3, 0.4) is 0 Å². The largest absolute Gasteiger partial charge is 0.328 e. The Morgan fingerprint density at radius 3 is 2.38 bits per heavy atom. The predicted molar refractivity (Wildman–Crippen MR) is 94.4 cm³/mol. The lowest BCUT2D eigenvalue weighted by molar-refractivity contribution is 0.102. The molecule has 2 aromatic rings. The second kappa shape index (κ2) is 8.24. The first kappa shape index (κ1) is 17.7. The molecule has 0 unspecified atom stereocenters. The lowest BCUT2D eigenvalue weighted by Gasteiger charge is -2.15. The third kappa shape index (κ3) is 3.98. The predicted octanol–water partition coefficient (Wildman–Crippen LogP) is 2.76. The Balaban J connectivity index is 0.00000100. The molecule has 0 amide bonds. The number of allylic oxidation sites excluding steroid dienone is 2. The van der Waals surface area contributed by atoms with Crippen LogP contribution in [0.4, 0.5) is 0 Å². The molecule has 1 aromatic heterocycles. The van der Waals surface area contributed by atoms with Gasteiger partial charge in [-0.15, -0.1) is 0 Å². The third-order valence-corrected chi connectivity index (χ3v) is 3.85. The zero-order valence-electron chi connectivity index (χ0n) is 14.0. The van der Waals surface area contributed by atoms with Gasteiger partial charge >= 0.3 is 5.69 Å². The van der Waals surface area contributed by atoms with E-state index in [1.807, 2.05) is 19.9 Å². The number of H-pyrrole nitrogens is 1. The van der Waals surface area contributed by atoms with E-state index in [0.717, 1.165) is 12.8 Å². The van der Waals surface area contributed by atoms with Gasteiger partial charge in [0.2, 0.25) is 5.78 Å². The van der Waals surface area contributed by atoms with Crippen molar-refractivity contribution in [3.63, 3.8) is 0 Å². The number of carbonyl (C=O) groups is 1. The summed E-state index contributed by atoms with van der Waals surface area (Å²) in [5.41, 5.74) is -0.471.